The molecule has 8 nitrogen and oxygen atoms in total. The first-order valence-electron chi connectivity index (χ1n) is 6.76. The normalized spacial score (nSPS) is 14.5. The number of aryl methyl sites for hydroxylation is 1. The average Bonchev–Trinajstić information content (AvgIpc) is 2.97. The van der Waals surface area contributed by atoms with Crippen molar-refractivity contribution in [2.75, 3.05) is 13.2 Å². The molecule has 0 saturated heterocycles. The van der Waals surface area contributed by atoms with Crippen LogP contribution in [0.15, 0.2) is 25.8 Å². The number of nitrogens with zero attached hydrogens (tertiary/aromatic N) is 2. The summed E-state index contributed by atoms with van der Waals surface area (Å²) in [6.45, 7) is 7.86. The summed E-state index contributed by atoms with van der Waals surface area (Å²) in [6, 6.07) is 3.38. The van der Waals surface area contributed by atoms with Crippen molar-refractivity contribution in [3.8, 4) is 17.6 Å². The number of rotatable bonds is 6. The molecular weight excluding hydrogens is 368 g/mol. The maximum absolute atomic E-state index is 10.8. The smallest absolute Gasteiger partial charge is 0.341 e. The van der Waals surface area contributed by atoms with Crippen LogP contribution in [-0.2, 0) is 4.79 Å². The summed E-state index contributed by atoms with van der Waals surface area (Å²) in [5, 5.41) is 35.9. The lowest BCUT2D eigenvalue weighted by atomic mass is 10.2. The molecule has 0 bridgehead atoms. The highest BCUT2D eigenvalue weighted by molar-refractivity contribution is 8.24. The van der Waals surface area contributed by atoms with Gasteiger partial charge in [-0.2, -0.15) is 0 Å². The number of carboxylic acids is 1. The van der Waals surface area contributed by atoms with Gasteiger partial charge in [-0.15, -0.1) is 0 Å². The average molecular weight is 380 g/mol. The molecule has 1 aromatic carbocycles. The SMILES string of the molecule is [C-]#[N+]/C(C#N)=C1\Sc2c(OCC(=O)O)cc(C)c(OCC(O)O)c2S1. The monoisotopic (exact) mass is 380 g/mol. The Morgan fingerprint density at radius 2 is 2.08 bits per heavy atom. The molecule has 0 fully saturated rings. The van der Waals surface area contributed by atoms with E-state index in [9.17, 15) is 4.79 Å². The van der Waals surface area contributed by atoms with Crippen LogP contribution in [-0.4, -0.2) is 40.8 Å². The van der Waals surface area contributed by atoms with Gasteiger partial charge in [0.05, 0.1) is 26.7 Å². The van der Waals surface area contributed by atoms with Crippen molar-refractivity contribution in [2.24, 2.45) is 0 Å². The largest absolute Gasteiger partial charge is 0.487 e. The van der Waals surface area contributed by atoms with Crippen LogP contribution in [0.3, 0.4) is 0 Å². The summed E-state index contributed by atoms with van der Waals surface area (Å²) in [5.41, 5.74) is 0.497. The Morgan fingerprint density at radius 1 is 1.40 bits per heavy atom. The van der Waals surface area contributed by atoms with E-state index in [4.69, 9.17) is 36.6 Å². The molecule has 1 aliphatic rings. The van der Waals surface area contributed by atoms with Gasteiger partial charge in [-0.05, 0) is 18.6 Å². The zero-order valence-corrected chi connectivity index (χ0v) is 14.5. The lowest BCUT2D eigenvalue weighted by Crippen LogP contribution is -2.17. The number of ether oxygens (including phenoxy) is 2. The molecular formula is C15H12N2O6S2. The minimum absolute atomic E-state index is 0.0961. The molecule has 0 saturated carbocycles. The van der Waals surface area contributed by atoms with Crippen LogP contribution in [0, 0.1) is 24.8 Å². The fourth-order valence-corrected chi connectivity index (χ4v) is 4.49. The van der Waals surface area contributed by atoms with Gasteiger partial charge < -0.3 is 24.8 Å². The third-order valence-corrected chi connectivity index (χ3v) is 5.46. The highest BCUT2D eigenvalue weighted by atomic mass is 32.2. The quantitative estimate of drug-likeness (QED) is 0.386. The number of thioether (sulfide) groups is 2. The van der Waals surface area contributed by atoms with Gasteiger partial charge in [-0.1, -0.05) is 23.5 Å². The first-order valence-corrected chi connectivity index (χ1v) is 8.39. The molecule has 0 radical (unpaired) electrons. The van der Waals surface area contributed by atoms with Gasteiger partial charge in [0.25, 0.3) is 5.70 Å². The lowest BCUT2D eigenvalue weighted by Gasteiger charge is -2.16. The van der Waals surface area contributed by atoms with E-state index in [0.717, 1.165) is 23.5 Å². The van der Waals surface area contributed by atoms with Crippen LogP contribution >= 0.6 is 23.5 Å². The Kier molecular flexibility index (Phi) is 6.17. The molecule has 0 atom stereocenters. The summed E-state index contributed by atoms with van der Waals surface area (Å²) in [4.78, 5) is 15.0. The van der Waals surface area contributed by atoms with E-state index in [0.29, 0.717) is 31.1 Å². The van der Waals surface area contributed by atoms with Crippen LogP contribution in [0.5, 0.6) is 11.5 Å². The van der Waals surface area contributed by atoms with Gasteiger partial charge >= 0.3 is 5.97 Å². The van der Waals surface area contributed by atoms with E-state index in [1.54, 1.807) is 13.0 Å². The van der Waals surface area contributed by atoms with Crippen molar-refractivity contribution in [2.45, 2.75) is 23.0 Å². The first kappa shape index (κ1) is 19.0. The second-order valence-electron chi connectivity index (χ2n) is 4.72. The lowest BCUT2D eigenvalue weighted by molar-refractivity contribution is -0.139. The van der Waals surface area contributed by atoms with Crippen LogP contribution < -0.4 is 9.47 Å². The molecule has 3 N–H and O–H groups in total. The van der Waals surface area contributed by atoms with Crippen LogP contribution in [0.25, 0.3) is 4.85 Å². The third kappa shape index (κ3) is 4.38. The number of hydrogen-bond acceptors (Lipinski definition) is 8. The first-order chi connectivity index (χ1) is 11.9. The molecule has 10 heteroatoms. The molecule has 0 unspecified atom stereocenters. The second-order valence-corrected chi connectivity index (χ2v) is 7.02. The van der Waals surface area contributed by atoms with Gasteiger partial charge in [0.15, 0.2) is 12.9 Å². The highest BCUT2D eigenvalue weighted by Gasteiger charge is 2.30. The van der Waals surface area contributed by atoms with E-state index >= 15 is 0 Å². The topological polar surface area (TPSA) is 124 Å². The number of aliphatic hydroxyl groups excluding tert-OH is 1. The third-order valence-electron chi connectivity index (χ3n) is 2.87. The maximum Gasteiger partial charge on any atom is 0.341 e. The number of benzene rings is 1. The molecule has 0 amide bonds. The second kappa shape index (κ2) is 8.14. The maximum atomic E-state index is 10.8. The number of allylic oxidation sites excluding steroid dienone is 1. The Hall–Kier alpha value is -2.37. The predicted octanol–water partition coefficient (Wildman–Crippen LogP) is 1.96. The molecule has 0 aliphatic carbocycles. The Morgan fingerprint density at radius 3 is 2.64 bits per heavy atom. The standard InChI is InChI=1S/C15H12N2O6S2/c1-7-3-9(22-5-10(18)19)13-14(12(7)23-6-11(20)21)25-15(24-13)8(4-16)17-2/h3,11,20-21H,5-6H2,1H3,(H,18,19)/b15-8+. The Bertz CT molecular complexity index is 807. The molecule has 0 spiro atoms. The zero-order valence-electron chi connectivity index (χ0n) is 12.8. The fraction of sp³-hybridized carbons (Fsp3) is 0.267. The number of aliphatic carboxylic acids is 1. The predicted molar refractivity (Wildman–Crippen MR) is 89.0 cm³/mol. The number of fused-ring (bicyclic) bond motifs is 1. The van der Waals surface area contributed by atoms with Crippen molar-refractivity contribution in [1.82, 2.24) is 0 Å². The molecule has 1 heterocycles. The molecule has 2 rings (SSSR count). The van der Waals surface area contributed by atoms with Crippen LogP contribution in [0.1, 0.15) is 5.56 Å². The number of nitriles is 1. The summed E-state index contributed by atoms with van der Waals surface area (Å²) < 4.78 is 11.1. The van der Waals surface area contributed by atoms with Crippen LogP contribution in [0.4, 0.5) is 0 Å². The molecule has 0 aromatic heterocycles. The van der Waals surface area contributed by atoms with Gasteiger partial charge in [0.2, 0.25) is 0 Å². The summed E-state index contributed by atoms with van der Waals surface area (Å²) >= 11 is 2.24. The van der Waals surface area contributed by atoms with Gasteiger partial charge in [-0.25, -0.2) is 14.9 Å². The van der Waals surface area contributed by atoms with E-state index in [-0.39, 0.29) is 12.3 Å². The zero-order chi connectivity index (χ0) is 18.6. The highest BCUT2D eigenvalue weighted by Crippen LogP contribution is 2.59. The van der Waals surface area contributed by atoms with Gasteiger partial charge in [0.1, 0.15) is 18.1 Å². The van der Waals surface area contributed by atoms with Crippen molar-refractivity contribution in [3.05, 3.63) is 33.0 Å². The summed E-state index contributed by atoms with van der Waals surface area (Å²) in [5.74, 6) is -0.484. The minimum Gasteiger partial charge on any atom is -0.487 e. The number of aliphatic hydroxyl groups is 2. The summed E-state index contributed by atoms with van der Waals surface area (Å²) in [6.07, 6.45) is -1.66. The van der Waals surface area contributed by atoms with E-state index in [1.807, 2.05) is 6.07 Å². The fourth-order valence-electron chi connectivity index (χ4n) is 1.91. The van der Waals surface area contributed by atoms with Gasteiger partial charge in [-0.3, -0.25) is 0 Å². The van der Waals surface area contributed by atoms with Crippen molar-refractivity contribution in [1.29, 1.82) is 5.26 Å². The Labute approximate surface area is 151 Å². The van der Waals surface area contributed by atoms with E-state index in [2.05, 4.69) is 4.85 Å². The van der Waals surface area contributed by atoms with Crippen molar-refractivity contribution in [3.63, 3.8) is 0 Å². The number of hydrogen-bond donors (Lipinski definition) is 3. The van der Waals surface area contributed by atoms with Crippen molar-refractivity contribution < 1.29 is 29.6 Å². The molecule has 1 aromatic rings. The molecule has 130 valence electrons. The van der Waals surface area contributed by atoms with Crippen LogP contribution in [0.2, 0.25) is 0 Å². The minimum atomic E-state index is -1.66. The van der Waals surface area contributed by atoms with E-state index < -0.39 is 18.9 Å². The molecule has 1 aliphatic heterocycles. The molecule has 25 heavy (non-hydrogen) atoms. The van der Waals surface area contributed by atoms with E-state index in [1.165, 1.54) is 0 Å². The summed E-state index contributed by atoms with van der Waals surface area (Å²) in [7, 11) is 0. The Balaban J connectivity index is 2.50. The number of carboxylic acid groups (broad SMARTS) is 1. The van der Waals surface area contributed by atoms with Gasteiger partial charge in [0, 0.05) is 0 Å². The van der Waals surface area contributed by atoms with Crippen molar-refractivity contribution >= 4 is 29.5 Å². The number of carbonyl (C=O) groups is 1.